The van der Waals surface area contributed by atoms with Crippen molar-refractivity contribution >= 4 is 28.6 Å². The Morgan fingerprint density at radius 3 is 2.66 bits per heavy atom. The monoisotopic (exact) mass is 471 g/mol. The number of hydrogen-bond acceptors (Lipinski definition) is 4. The fraction of sp³-hybridized carbons (Fsp3) is 0.393. The molecule has 1 unspecified atom stereocenters. The number of amidine groups is 1. The Kier molecular flexibility index (Phi) is 4.47. The van der Waals surface area contributed by atoms with Gasteiger partial charge in [-0.05, 0) is 79.5 Å². The number of rotatable bonds is 5. The number of fused-ring (bicyclic) bond motifs is 1. The lowest BCUT2D eigenvalue weighted by atomic mass is 10.0. The number of halogens is 1. The molecule has 7 heteroatoms. The highest BCUT2D eigenvalue weighted by Gasteiger charge is 2.58. The van der Waals surface area contributed by atoms with Crippen LogP contribution >= 0.6 is 0 Å². The van der Waals surface area contributed by atoms with Gasteiger partial charge in [-0.1, -0.05) is 12.1 Å². The van der Waals surface area contributed by atoms with E-state index in [1.54, 1.807) is 17.2 Å². The summed E-state index contributed by atoms with van der Waals surface area (Å²) in [6.45, 7) is 1.88. The van der Waals surface area contributed by atoms with Crippen molar-refractivity contribution < 1.29 is 18.4 Å². The molecule has 4 aliphatic rings. The van der Waals surface area contributed by atoms with Crippen LogP contribution in [-0.2, 0) is 9.59 Å². The maximum absolute atomic E-state index is 15.5. The quantitative estimate of drug-likeness (QED) is 0.546. The highest BCUT2D eigenvalue weighted by molar-refractivity contribution is 6.16. The maximum atomic E-state index is 15.5. The van der Waals surface area contributed by atoms with Gasteiger partial charge < -0.3 is 9.32 Å². The van der Waals surface area contributed by atoms with Crippen molar-refractivity contribution in [1.29, 1.82) is 0 Å². The van der Waals surface area contributed by atoms with Gasteiger partial charge in [-0.3, -0.25) is 19.5 Å². The minimum absolute atomic E-state index is 0.0200. The van der Waals surface area contributed by atoms with Gasteiger partial charge in [0.25, 0.3) is 5.91 Å². The Morgan fingerprint density at radius 1 is 1.09 bits per heavy atom. The molecule has 2 amide bonds. The largest absolute Gasteiger partial charge is 0.464 e. The number of likely N-dealkylation sites (tertiary alicyclic amines) is 1. The molecule has 0 bridgehead atoms. The number of aliphatic imine (C=N–C) groups is 1. The summed E-state index contributed by atoms with van der Waals surface area (Å²) in [7, 11) is 0. The van der Waals surface area contributed by atoms with E-state index in [-0.39, 0.29) is 29.5 Å². The molecule has 3 heterocycles. The van der Waals surface area contributed by atoms with Gasteiger partial charge in [0.15, 0.2) is 0 Å². The van der Waals surface area contributed by atoms with Crippen LogP contribution in [0.2, 0.25) is 0 Å². The SMILES string of the molecule is O=C(C1CC1)N1CCC(CN2C(=O)C3(CC3)N=C2c2ccc(-c3ccc4occc4c3)cc2F)C1. The first-order chi connectivity index (χ1) is 17.0. The summed E-state index contributed by atoms with van der Waals surface area (Å²) in [5.41, 5.74) is 2.11. The molecule has 35 heavy (non-hydrogen) atoms. The van der Waals surface area contributed by atoms with Crippen LogP contribution < -0.4 is 0 Å². The van der Waals surface area contributed by atoms with Crippen molar-refractivity contribution in [3.63, 3.8) is 0 Å². The lowest BCUT2D eigenvalue weighted by molar-refractivity contribution is -0.131. The number of carbonyl (C=O) groups excluding carboxylic acids is 2. The Labute approximate surface area is 202 Å². The van der Waals surface area contributed by atoms with Crippen LogP contribution in [0.5, 0.6) is 0 Å². The van der Waals surface area contributed by atoms with Gasteiger partial charge >= 0.3 is 0 Å². The molecule has 0 N–H and O–H groups in total. The normalized spacial score (nSPS) is 22.9. The number of benzene rings is 2. The van der Waals surface area contributed by atoms with Crippen molar-refractivity contribution in [2.45, 2.75) is 37.6 Å². The molecular weight excluding hydrogens is 445 g/mol. The van der Waals surface area contributed by atoms with E-state index < -0.39 is 5.54 Å². The molecule has 3 aromatic rings. The zero-order chi connectivity index (χ0) is 23.7. The highest BCUT2D eigenvalue weighted by atomic mass is 19.1. The third-order valence-corrected chi connectivity index (χ3v) is 7.90. The number of hydrogen-bond donors (Lipinski definition) is 0. The van der Waals surface area contributed by atoms with Gasteiger partial charge in [0, 0.05) is 30.9 Å². The molecule has 2 aromatic carbocycles. The average Bonchev–Trinajstić information content (AvgIpc) is 3.74. The maximum Gasteiger partial charge on any atom is 0.256 e. The second-order valence-corrected chi connectivity index (χ2v) is 10.5. The van der Waals surface area contributed by atoms with Crippen molar-refractivity contribution in [3.8, 4) is 11.1 Å². The molecule has 1 atom stereocenters. The van der Waals surface area contributed by atoms with E-state index in [0.717, 1.165) is 47.9 Å². The van der Waals surface area contributed by atoms with Crippen LogP contribution in [0.4, 0.5) is 4.39 Å². The predicted molar refractivity (Wildman–Crippen MR) is 129 cm³/mol. The lowest BCUT2D eigenvalue weighted by Crippen LogP contribution is -2.41. The zero-order valence-corrected chi connectivity index (χ0v) is 19.4. The molecular formula is C28H26FN3O3. The zero-order valence-electron chi connectivity index (χ0n) is 19.4. The Morgan fingerprint density at radius 2 is 1.89 bits per heavy atom. The summed E-state index contributed by atoms with van der Waals surface area (Å²) in [5.74, 6) is 0.673. The third-order valence-electron chi connectivity index (χ3n) is 7.90. The Balaban J connectivity index is 1.15. The van der Waals surface area contributed by atoms with Crippen molar-refractivity contribution in [2.75, 3.05) is 19.6 Å². The molecule has 1 aromatic heterocycles. The molecule has 6 nitrogen and oxygen atoms in total. The fourth-order valence-electron chi connectivity index (χ4n) is 5.53. The van der Waals surface area contributed by atoms with Gasteiger partial charge in [-0.25, -0.2) is 4.39 Å². The molecule has 178 valence electrons. The molecule has 3 fully saturated rings. The van der Waals surface area contributed by atoms with E-state index in [2.05, 4.69) is 0 Å². The second-order valence-electron chi connectivity index (χ2n) is 10.5. The standard InChI is InChI=1S/C28H26FN3O3/c29-23-14-20(19-4-6-24-21(13-19)8-12-35-24)3-5-22(23)25-30-28(9-10-28)27(34)32(25)16-17-7-11-31(15-17)26(33)18-1-2-18/h3-6,8,12-14,17-18H,1-2,7,9-11,15-16H2. The van der Waals surface area contributed by atoms with E-state index in [1.807, 2.05) is 35.2 Å². The first-order valence-electron chi connectivity index (χ1n) is 12.5. The second kappa shape index (κ2) is 7.51. The number of amides is 2. The average molecular weight is 472 g/mol. The third kappa shape index (κ3) is 3.48. The summed E-state index contributed by atoms with van der Waals surface area (Å²) in [4.78, 5) is 34.2. The topological polar surface area (TPSA) is 66.1 Å². The Bertz CT molecular complexity index is 1400. The van der Waals surface area contributed by atoms with Crippen LogP contribution in [0.1, 0.15) is 37.7 Å². The first kappa shape index (κ1) is 20.9. The summed E-state index contributed by atoms with van der Waals surface area (Å²) in [6.07, 6.45) is 5.92. The molecule has 2 aliphatic carbocycles. The fourth-order valence-corrected chi connectivity index (χ4v) is 5.53. The van der Waals surface area contributed by atoms with Gasteiger partial charge in [0.2, 0.25) is 5.91 Å². The number of carbonyl (C=O) groups is 2. The highest BCUT2D eigenvalue weighted by Crippen LogP contribution is 2.46. The van der Waals surface area contributed by atoms with Crippen molar-refractivity contribution in [3.05, 3.63) is 60.1 Å². The summed E-state index contributed by atoms with van der Waals surface area (Å²) >= 11 is 0. The number of furan rings is 1. The van der Waals surface area contributed by atoms with E-state index in [1.165, 1.54) is 6.07 Å². The van der Waals surface area contributed by atoms with Gasteiger partial charge in [0.1, 0.15) is 22.8 Å². The smallest absolute Gasteiger partial charge is 0.256 e. The molecule has 2 aliphatic heterocycles. The van der Waals surface area contributed by atoms with Gasteiger partial charge in [-0.15, -0.1) is 0 Å². The van der Waals surface area contributed by atoms with Crippen LogP contribution in [0.25, 0.3) is 22.1 Å². The summed E-state index contributed by atoms with van der Waals surface area (Å²) in [5, 5.41) is 0.963. The predicted octanol–water partition coefficient (Wildman–Crippen LogP) is 4.62. The van der Waals surface area contributed by atoms with Crippen molar-refractivity contribution in [1.82, 2.24) is 9.80 Å². The Hall–Kier alpha value is -3.48. The van der Waals surface area contributed by atoms with Crippen LogP contribution in [0.15, 0.2) is 58.1 Å². The van der Waals surface area contributed by atoms with E-state index in [9.17, 15) is 9.59 Å². The molecule has 1 spiro atoms. The molecule has 7 rings (SSSR count). The molecule has 0 radical (unpaired) electrons. The summed E-state index contributed by atoms with van der Waals surface area (Å²) in [6, 6.07) is 12.8. The van der Waals surface area contributed by atoms with Gasteiger partial charge in [0.05, 0.1) is 11.8 Å². The van der Waals surface area contributed by atoms with Crippen LogP contribution in [0.3, 0.4) is 0 Å². The minimum atomic E-state index is -0.700. The summed E-state index contributed by atoms with van der Waals surface area (Å²) < 4.78 is 20.9. The van der Waals surface area contributed by atoms with E-state index >= 15 is 4.39 Å². The lowest BCUT2D eigenvalue weighted by Gasteiger charge is -2.24. The molecule has 2 saturated carbocycles. The number of nitrogens with zero attached hydrogens (tertiary/aromatic N) is 3. The first-order valence-corrected chi connectivity index (χ1v) is 12.5. The van der Waals surface area contributed by atoms with Gasteiger partial charge in [-0.2, -0.15) is 0 Å². The molecule has 1 saturated heterocycles. The van der Waals surface area contributed by atoms with Crippen molar-refractivity contribution in [2.24, 2.45) is 16.8 Å². The van der Waals surface area contributed by atoms with E-state index in [4.69, 9.17) is 9.41 Å². The minimum Gasteiger partial charge on any atom is -0.464 e. The van der Waals surface area contributed by atoms with E-state index in [0.29, 0.717) is 37.3 Å². The van der Waals surface area contributed by atoms with Crippen LogP contribution in [-0.4, -0.2) is 52.6 Å². The van der Waals surface area contributed by atoms with Crippen LogP contribution in [0, 0.1) is 17.7 Å².